The number of rotatable bonds is 5. The van der Waals surface area contributed by atoms with E-state index in [-0.39, 0.29) is 6.04 Å². The Morgan fingerprint density at radius 1 is 1.40 bits per heavy atom. The lowest BCUT2D eigenvalue weighted by Crippen LogP contribution is -2.48. The second-order valence-electron chi connectivity index (χ2n) is 4.29. The third-order valence-electron chi connectivity index (χ3n) is 3.00. The summed E-state index contributed by atoms with van der Waals surface area (Å²) in [5, 5.41) is 0. The molecule has 0 spiro atoms. The highest BCUT2D eigenvalue weighted by molar-refractivity contribution is 7.87. The Balaban J connectivity index is 2.60. The molecule has 0 aromatic rings. The van der Waals surface area contributed by atoms with Gasteiger partial charge in [0, 0.05) is 26.7 Å². The third-order valence-corrected chi connectivity index (χ3v) is 4.57. The molecule has 0 heterocycles. The Labute approximate surface area is 92.2 Å². The summed E-state index contributed by atoms with van der Waals surface area (Å²) < 4.78 is 27.1. The first-order chi connectivity index (χ1) is 6.97. The van der Waals surface area contributed by atoms with E-state index < -0.39 is 10.2 Å². The maximum Gasteiger partial charge on any atom is 0.279 e. The highest BCUT2D eigenvalue weighted by Crippen LogP contribution is 2.27. The summed E-state index contributed by atoms with van der Waals surface area (Å²) in [6.07, 6.45) is 4.53. The summed E-state index contributed by atoms with van der Waals surface area (Å²) in [6, 6.07) is -0.111. The summed E-state index contributed by atoms with van der Waals surface area (Å²) >= 11 is 0. The number of hydrogen-bond donors (Lipinski definition) is 2. The van der Waals surface area contributed by atoms with Crippen molar-refractivity contribution in [1.82, 2.24) is 9.03 Å². The lowest BCUT2D eigenvalue weighted by Gasteiger charge is -2.24. The minimum absolute atomic E-state index is 0.111. The van der Waals surface area contributed by atoms with Crippen LogP contribution in [0.1, 0.15) is 25.7 Å². The monoisotopic (exact) mass is 235 g/mol. The fourth-order valence-corrected chi connectivity index (χ4v) is 2.88. The maximum absolute atomic E-state index is 11.6. The molecule has 0 bridgehead atoms. The van der Waals surface area contributed by atoms with E-state index in [0.717, 1.165) is 12.8 Å². The van der Waals surface area contributed by atoms with Gasteiger partial charge in [-0.25, -0.2) is 0 Å². The van der Waals surface area contributed by atoms with Crippen molar-refractivity contribution < 1.29 is 8.42 Å². The van der Waals surface area contributed by atoms with Gasteiger partial charge in [-0.05, 0) is 18.8 Å². The molecule has 0 aromatic carbocycles. The Hall–Kier alpha value is -0.170. The number of nitrogens with two attached hydrogens (primary N) is 1. The average Bonchev–Trinajstić information content (AvgIpc) is 2.66. The summed E-state index contributed by atoms with van der Waals surface area (Å²) in [5.74, 6) is 0.407. The second-order valence-corrected chi connectivity index (χ2v) is 6.21. The van der Waals surface area contributed by atoms with Gasteiger partial charge < -0.3 is 5.73 Å². The smallest absolute Gasteiger partial charge is 0.279 e. The van der Waals surface area contributed by atoms with Crippen LogP contribution in [0, 0.1) is 5.92 Å². The highest BCUT2D eigenvalue weighted by Gasteiger charge is 2.28. The van der Waals surface area contributed by atoms with E-state index in [1.54, 1.807) is 0 Å². The van der Waals surface area contributed by atoms with Crippen molar-refractivity contribution in [3.05, 3.63) is 0 Å². The zero-order valence-corrected chi connectivity index (χ0v) is 10.3. The van der Waals surface area contributed by atoms with Gasteiger partial charge in [-0.3, -0.25) is 0 Å². The molecule has 0 radical (unpaired) electrons. The first kappa shape index (κ1) is 12.9. The molecule has 5 nitrogen and oxygen atoms in total. The molecule has 1 aliphatic carbocycles. The molecule has 6 heteroatoms. The Morgan fingerprint density at radius 3 is 2.33 bits per heavy atom. The van der Waals surface area contributed by atoms with Crippen molar-refractivity contribution in [2.75, 3.05) is 20.6 Å². The van der Waals surface area contributed by atoms with Gasteiger partial charge in [0.1, 0.15) is 0 Å². The Bertz CT molecular complexity index is 284. The van der Waals surface area contributed by atoms with Crippen LogP contribution in [0.5, 0.6) is 0 Å². The molecule has 0 saturated heterocycles. The summed E-state index contributed by atoms with van der Waals surface area (Å²) in [5.41, 5.74) is 5.61. The van der Waals surface area contributed by atoms with Crippen molar-refractivity contribution in [3.63, 3.8) is 0 Å². The first-order valence-corrected chi connectivity index (χ1v) is 6.81. The van der Waals surface area contributed by atoms with E-state index in [0.29, 0.717) is 12.5 Å². The van der Waals surface area contributed by atoms with Gasteiger partial charge in [0.05, 0.1) is 0 Å². The molecule has 1 rings (SSSR count). The fraction of sp³-hybridized carbons (Fsp3) is 1.00. The fourth-order valence-electron chi connectivity index (χ4n) is 1.99. The summed E-state index contributed by atoms with van der Waals surface area (Å²) in [6.45, 7) is 0.373. The summed E-state index contributed by atoms with van der Waals surface area (Å²) in [7, 11) is -0.307. The molecule has 90 valence electrons. The SMILES string of the molecule is CN(C)S(=O)(=O)N[C@H](CN)C1CCCC1. The quantitative estimate of drug-likeness (QED) is 0.698. The number of nitrogens with one attached hydrogen (secondary N) is 1. The molecule has 0 aliphatic heterocycles. The number of hydrogen-bond acceptors (Lipinski definition) is 3. The second kappa shape index (κ2) is 5.25. The summed E-state index contributed by atoms with van der Waals surface area (Å²) in [4.78, 5) is 0. The normalized spacial score (nSPS) is 21.1. The van der Waals surface area contributed by atoms with Gasteiger partial charge in [0.25, 0.3) is 10.2 Å². The van der Waals surface area contributed by atoms with Gasteiger partial charge in [-0.1, -0.05) is 12.8 Å². The van der Waals surface area contributed by atoms with Crippen LogP contribution in [0.3, 0.4) is 0 Å². The van der Waals surface area contributed by atoms with Crippen LogP contribution in [0.25, 0.3) is 0 Å². The van der Waals surface area contributed by atoms with Crippen LogP contribution >= 0.6 is 0 Å². The van der Waals surface area contributed by atoms with Gasteiger partial charge in [-0.2, -0.15) is 17.4 Å². The van der Waals surface area contributed by atoms with Crippen molar-refractivity contribution in [1.29, 1.82) is 0 Å². The molecule has 0 unspecified atom stereocenters. The largest absolute Gasteiger partial charge is 0.329 e. The molecule has 15 heavy (non-hydrogen) atoms. The molecule has 0 amide bonds. The molecule has 3 N–H and O–H groups in total. The van der Waals surface area contributed by atoms with Crippen molar-refractivity contribution in [2.45, 2.75) is 31.7 Å². The van der Waals surface area contributed by atoms with Crippen LogP contribution in [0.2, 0.25) is 0 Å². The third kappa shape index (κ3) is 3.41. The standard InChI is InChI=1S/C9H21N3O2S/c1-12(2)15(13,14)11-9(7-10)8-5-3-4-6-8/h8-9,11H,3-7,10H2,1-2H3/t9-/m1/s1. The topological polar surface area (TPSA) is 75.4 Å². The minimum atomic E-state index is -3.34. The average molecular weight is 235 g/mol. The van der Waals surface area contributed by atoms with Gasteiger partial charge in [0.15, 0.2) is 0 Å². The lowest BCUT2D eigenvalue weighted by atomic mass is 9.99. The molecular weight excluding hydrogens is 214 g/mol. The van der Waals surface area contributed by atoms with E-state index in [1.807, 2.05) is 0 Å². The maximum atomic E-state index is 11.6. The van der Waals surface area contributed by atoms with E-state index >= 15 is 0 Å². The molecular formula is C9H21N3O2S. The molecule has 0 aromatic heterocycles. The zero-order valence-electron chi connectivity index (χ0n) is 9.44. The van der Waals surface area contributed by atoms with Crippen LogP contribution in [-0.4, -0.2) is 39.4 Å². The van der Waals surface area contributed by atoms with Crippen LogP contribution in [0.15, 0.2) is 0 Å². The highest BCUT2D eigenvalue weighted by atomic mass is 32.2. The van der Waals surface area contributed by atoms with Gasteiger partial charge in [-0.15, -0.1) is 0 Å². The van der Waals surface area contributed by atoms with Crippen LogP contribution < -0.4 is 10.5 Å². The van der Waals surface area contributed by atoms with E-state index in [4.69, 9.17) is 5.73 Å². The van der Waals surface area contributed by atoms with Crippen molar-refractivity contribution >= 4 is 10.2 Å². The van der Waals surface area contributed by atoms with E-state index in [1.165, 1.54) is 31.2 Å². The van der Waals surface area contributed by atoms with Crippen LogP contribution in [0.4, 0.5) is 0 Å². The van der Waals surface area contributed by atoms with Crippen molar-refractivity contribution in [3.8, 4) is 0 Å². The molecule has 1 saturated carbocycles. The van der Waals surface area contributed by atoms with Gasteiger partial charge in [0.2, 0.25) is 0 Å². The van der Waals surface area contributed by atoms with Gasteiger partial charge >= 0.3 is 0 Å². The minimum Gasteiger partial charge on any atom is -0.329 e. The predicted molar refractivity (Wildman–Crippen MR) is 60.5 cm³/mol. The predicted octanol–water partition coefficient (Wildman–Crippen LogP) is -0.100. The molecule has 1 fully saturated rings. The number of nitrogens with zero attached hydrogens (tertiary/aromatic N) is 1. The zero-order chi connectivity index (χ0) is 11.5. The lowest BCUT2D eigenvalue weighted by molar-refractivity contribution is 0.393. The molecule has 1 aliphatic rings. The molecule has 1 atom stereocenters. The van der Waals surface area contributed by atoms with E-state index in [9.17, 15) is 8.42 Å². The Kier molecular flexibility index (Phi) is 4.51. The van der Waals surface area contributed by atoms with Crippen LogP contribution in [-0.2, 0) is 10.2 Å². The van der Waals surface area contributed by atoms with E-state index in [2.05, 4.69) is 4.72 Å². The Morgan fingerprint density at radius 2 is 1.93 bits per heavy atom. The first-order valence-electron chi connectivity index (χ1n) is 5.37. The van der Waals surface area contributed by atoms with Crippen molar-refractivity contribution in [2.24, 2.45) is 11.7 Å².